The summed E-state index contributed by atoms with van der Waals surface area (Å²) >= 11 is 1.47. The fraction of sp³-hybridized carbons (Fsp3) is 0.560. The Morgan fingerprint density at radius 2 is 1.83 bits per heavy atom. The SMILES string of the molecule is CCNS(=O)(=O)c1cc(C(=O)NC(C)C)ccc1-c1cnc([C@H]2CC[C@H](NC(=O)OC(C)C)CC2)s1. The van der Waals surface area contributed by atoms with Crippen LogP contribution in [0.4, 0.5) is 4.79 Å². The number of hydrogen-bond acceptors (Lipinski definition) is 7. The molecule has 1 aliphatic carbocycles. The minimum absolute atomic E-state index is 0.0625. The zero-order chi connectivity index (χ0) is 26.5. The summed E-state index contributed by atoms with van der Waals surface area (Å²) in [5.74, 6) is -0.0787. The number of benzene rings is 1. The monoisotopic (exact) mass is 536 g/mol. The van der Waals surface area contributed by atoms with Crippen molar-refractivity contribution in [2.75, 3.05) is 6.54 Å². The van der Waals surface area contributed by atoms with Crippen molar-refractivity contribution in [3.8, 4) is 10.4 Å². The Bertz CT molecular complexity index is 1170. The molecule has 0 saturated heterocycles. The molecule has 1 saturated carbocycles. The zero-order valence-electron chi connectivity index (χ0n) is 21.5. The average Bonchev–Trinajstić information content (AvgIpc) is 3.28. The Hall–Kier alpha value is -2.50. The van der Waals surface area contributed by atoms with Crippen molar-refractivity contribution in [1.82, 2.24) is 20.3 Å². The van der Waals surface area contributed by atoms with Crippen LogP contribution >= 0.6 is 11.3 Å². The normalized spacial score (nSPS) is 18.3. The molecule has 1 aromatic heterocycles. The van der Waals surface area contributed by atoms with E-state index in [-0.39, 0.29) is 53.1 Å². The molecule has 0 unspecified atom stereocenters. The number of nitrogens with one attached hydrogen (secondary N) is 3. The van der Waals surface area contributed by atoms with Crippen molar-refractivity contribution in [2.24, 2.45) is 0 Å². The van der Waals surface area contributed by atoms with Gasteiger partial charge in [0.1, 0.15) is 0 Å². The first-order valence-electron chi connectivity index (χ1n) is 12.4. The van der Waals surface area contributed by atoms with Crippen LogP contribution in [0, 0.1) is 0 Å². The largest absolute Gasteiger partial charge is 0.447 e. The lowest BCUT2D eigenvalue weighted by atomic mass is 9.86. The maximum Gasteiger partial charge on any atom is 0.407 e. The number of ether oxygens (including phenoxy) is 1. The van der Waals surface area contributed by atoms with Gasteiger partial charge in [-0.3, -0.25) is 4.79 Å². The molecule has 0 aliphatic heterocycles. The molecule has 0 atom stereocenters. The van der Waals surface area contributed by atoms with Crippen LogP contribution in [0.5, 0.6) is 0 Å². The number of sulfonamides is 1. The maximum absolute atomic E-state index is 13.0. The molecule has 36 heavy (non-hydrogen) atoms. The molecule has 1 aromatic carbocycles. The number of amides is 2. The molecule has 3 rings (SSSR count). The molecule has 9 nitrogen and oxygen atoms in total. The van der Waals surface area contributed by atoms with Crippen LogP contribution in [-0.2, 0) is 14.8 Å². The Kier molecular flexibility index (Phi) is 9.48. The molecule has 1 fully saturated rings. The summed E-state index contributed by atoms with van der Waals surface area (Å²) in [6.07, 6.45) is 4.56. The van der Waals surface area contributed by atoms with Gasteiger partial charge in [0.15, 0.2) is 0 Å². The molecule has 2 aromatic rings. The molecule has 0 spiro atoms. The first-order chi connectivity index (χ1) is 17.0. The van der Waals surface area contributed by atoms with Crippen molar-refractivity contribution in [1.29, 1.82) is 0 Å². The highest BCUT2D eigenvalue weighted by Crippen LogP contribution is 2.39. The van der Waals surface area contributed by atoms with Gasteiger partial charge in [-0.15, -0.1) is 11.3 Å². The van der Waals surface area contributed by atoms with Gasteiger partial charge in [0.25, 0.3) is 5.91 Å². The minimum Gasteiger partial charge on any atom is -0.447 e. The zero-order valence-corrected chi connectivity index (χ0v) is 23.1. The minimum atomic E-state index is -3.82. The molecule has 11 heteroatoms. The quantitative estimate of drug-likeness (QED) is 0.436. The number of rotatable bonds is 9. The summed E-state index contributed by atoms with van der Waals surface area (Å²) in [5, 5.41) is 6.68. The topological polar surface area (TPSA) is 126 Å². The van der Waals surface area contributed by atoms with Crippen LogP contribution < -0.4 is 15.4 Å². The maximum atomic E-state index is 13.0. The van der Waals surface area contributed by atoms with Crippen LogP contribution in [0.2, 0.25) is 0 Å². The fourth-order valence-corrected chi connectivity index (χ4v) is 6.68. The van der Waals surface area contributed by atoms with Crippen molar-refractivity contribution >= 4 is 33.4 Å². The van der Waals surface area contributed by atoms with Crippen LogP contribution in [0.1, 0.15) is 81.6 Å². The van der Waals surface area contributed by atoms with Gasteiger partial charge in [0.2, 0.25) is 10.0 Å². The van der Waals surface area contributed by atoms with Crippen molar-refractivity contribution < 1.29 is 22.7 Å². The van der Waals surface area contributed by atoms with E-state index in [0.717, 1.165) is 35.6 Å². The second kappa shape index (κ2) is 12.2. The number of nitrogens with zero attached hydrogens (tertiary/aromatic N) is 1. The predicted octanol–water partition coefficient (Wildman–Crippen LogP) is 4.41. The van der Waals surface area contributed by atoms with E-state index in [1.165, 1.54) is 17.4 Å². The van der Waals surface area contributed by atoms with E-state index in [9.17, 15) is 18.0 Å². The molecule has 0 bridgehead atoms. The number of hydrogen-bond donors (Lipinski definition) is 3. The van der Waals surface area contributed by atoms with Gasteiger partial charge in [-0.25, -0.2) is 22.9 Å². The highest BCUT2D eigenvalue weighted by molar-refractivity contribution is 7.89. The summed E-state index contributed by atoms with van der Waals surface area (Å²) in [6.45, 7) is 9.29. The van der Waals surface area contributed by atoms with E-state index < -0.39 is 10.0 Å². The van der Waals surface area contributed by atoms with Gasteiger partial charge >= 0.3 is 6.09 Å². The Morgan fingerprint density at radius 1 is 1.14 bits per heavy atom. The summed E-state index contributed by atoms with van der Waals surface area (Å²) in [5.41, 5.74) is 0.808. The van der Waals surface area contributed by atoms with Crippen LogP contribution in [0.25, 0.3) is 10.4 Å². The number of carbonyl (C=O) groups excluding carboxylic acids is 2. The van der Waals surface area contributed by atoms with E-state index >= 15 is 0 Å². The third kappa shape index (κ3) is 7.27. The van der Waals surface area contributed by atoms with Gasteiger partial charge in [0.05, 0.1) is 20.9 Å². The molecule has 1 aliphatic rings. The molecule has 2 amide bonds. The summed E-state index contributed by atoms with van der Waals surface area (Å²) in [4.78, 5) is 29.8. The lowest BCUT2D eigenvalue weighted by Crippen LogP contribution is -2.38. The smallest absolute Gasteiger partial charge is 0.407 e. The van der Waals surface area contributed by atoms with E-state index in [2.05, 4.69) is 20.3 Å². The van der Waals surface area contributed by atoms with Crippen molar-refractivity contribution in [2.45, 2.75) is 89.3 Å². The van der Waals surface area contributed by atoms with Crippen molar-refractivity contribution in [3.05, 3.63) is 35.0 Å². The Morgan fingerprint density at radius 3 is 2.44 bits per heavy atom. The van der Waals surface area contributed by atoms with Crippen LogP contribution in [0.3, 0.4) is 0 Å². The number of thiazole rings is 1. The number of aromatic nitrogens is 1. The van der Waals surface area contributed by atoms with Gasteiger partial charge in [0, 0.05) is 41.9 Å². The van der Waals surface area contributed by atoms with E-state index in [1.807, 2.05) is 27.7 Å². The first kappa shape index (κ1) is 28.1. The molecular weight excluding hydrogens is 500 g/mol. The predicted molar refractivity (Wildman–Crippen MR) is 141 cm³/mol. The summed E-state index contributed by atoms with van der Waals surface area (Å²) in [7, 11) is -3.82. The Balaban J connectivity index is 1.80. The van der Waals surface area contributed by atoms with Crippen molar-refractivity contribution in [3.63, 3.8) is 0 Å². The third-order valence-corrected chi connectivity index (χ3v) is 8.60. The molecule has 3 N–H and O–H groups in total. The lowest BCUT2D eigenvalue weighted by molar-refractivity contribution is 0.0942. The highest BCUT2D eigenvalue weighted by atomic mass is 32.2. The second-order valence-corrected chi connectivity index (χ2v) is 12.3. The fourth-order valence-electron chi connectivity index (χ4n) is 4.20. The van der Waals surface area contributed by atoms with Gasteiger partial charge in [-0.05, 0) is 65.5 Å². The van der Waals surface area contributed by atoms with Gasteiger partial charge in [-0.1, -0.05) is 13.0 Å². The van der Waals surface area contributed by atoms with Gasteiger partial charge in [-0.2, -0.15) is 0 Å². The molecule has 0 radical (unpaired) electrons. The summed E-state index contributed by atoms with van der Waals surface area (Å²) in [6, 6.07) is 4.76. The second-order valence-electron chi connectivity index (χ2n) is 9.55. The number of carbonyl (C=O) groups is 2. The molecule has 1 heterocycles. The number of alkyl carbamates (subject to hydrolysis) is 1. The highest BCUT2D eigenvalue weighted by Gasteiger charge is 2.27. The van der Waals surface area contributed by atoms with E-state index in [1.54, 1.807) is 25.3 Å². The standard InChI is InChI=1S/C25H36N4O5S2/c1-6-27-36(32,33)22-13-18(23(30)28-15(2)3)9-12-20(22)21-14-26-24(35-21)17-7-10-19(11-8-17)29-25(31)34-16(4)5/h9,12-17,19,27H,6-8,10-11H2,1-5H3,(H,28,30)(H,29,31)/t17-,19-. The molecular formula is C25H36N4O5S2. The lowest BCUT2D eigenvalue weighted by Gasteiger charge is -2.28. The van der Waals surface area contributed by atoms with Crippen LogP contribution in [-0.4, -0.2) is 50.1 Å². The van der Waals surface area contributed by atoms with Gasteiger partial charge < -0.3 is 15.4 Å². The average molecular weight is 537 g/mol. The van der Waals surface area contributed by atoms with Crippen LogP contribution in [0.15, 0.2) is 29.3 Å². The third-order valence-electron chi connectivity index (χ3n) is 5.82. The van der Waals surface area contributed by atoms with E-state index in [4.69, 9.17) is 4.74 Å². The Labute approximate surface area is 217 Å². The molecule has 198 valence electrons. The first-order valence-corrected chi connectivity index (χ1v) is 14.7. The van der Waals surface area contributed by atoms with E-state index in [0.29, 0.717) is 5.56 Å². The summed E-state index contributed by atoms with van der Waals surface area (Å²) < 4.78 is 33.8.